The van der Waals surface area contributed by atoms with E-state index in [2.05, 4.69) is 10.1 Å². The van der Waals surface area contributed by atoms with Crippen molar-refractivity contribution in [3.63, 3.8) is 0 Å². The number of carboxylic acid groups (broad SMARTS) is 1. The fourth-order valence-corrected chi connectivity index (χ4v) is 1.66. The van der Waals surface area contributed by atoms with E-state index in [1.165, 1.54) is 4.68 Å². The Morgan fingerprint density at radius 1 is 1.61 bits per heavy atom. The highest BCUT2D eigenvalue weighted by molar-refractivity contribution is 6.29. The highest BCUT2D eigenvalue weighted by Gasteiger charge is 2.18. The van der Waals surface area contributed by atoms with Gasteiger partial charge in [0.1, 0.15) is 0 Å². The molecule has 0 fully saturated rings. The molecule has 94 valence electrons. The first-order valence-electron chi connectivity index (χ1n) is 4.95. The minimum Gasteiger partial charge on any atom is -0.476 e. The van der Waals surface area contributed by atoms with Crippen molar-refractivity contribution in [1.29, 1.82) is 0 Å². The summed E-state index contributed by atoms with van der Waals surface area (Å²) in [6.45, 7) is 1.95. The van der Waals surface area contributed by atoms with E-state index in [0.717, 1.165) is 6.07 Å². The molecular formula is C10H7ClFN3O3. The van der Waals surface area contributed by atoms with E-state index in [1.807, 2.05) is 0 Å². The standard InChI is InChI=1S/C10H7ClFN3O3/c1-2-15-9-4(3-5(12)8(11)13-9)7(16)6(14-15)10(17)18/h3H,2H2,1H3,(H,17,18). The molecule has 0 atom stereocenters. The number of hydrogen-bond donors (Lipinski definition) is 1. The van der Waals surface area contributed by atoms with E-state index >= 15 is 0 Å². The number of carbonyl (C=O) groups is 1. The Hall–Kier alpha value is -2.02. The second-order valence-electron chi connectivity index (χ2n) is 3.43. The number of aryl methyl sites for hydroxylation is 1. The van der Waals surface area contributed by atoms with Crippen LogP contribution in [0.5, 0.6) is 0 Å². The predicted octanol–water partition coefficient (Wildman–Crippen LogP) is 1.30. The monoisotopic (exact) mass is 271 g/mol. The van der Waals surface area contributed by atoms with Crippen molar-refractivity contribution < 1.29 is 14.3 Å². The largest absolute Gasteiger partial charge is 0.476 e. The second kappa shape index (κ2) is 4.34. The Morgan fingerprint density at radius 3 is 2.83 bits per heavy atom. The van der Waals surface area contributed by atoms with Gasteiger partial charge in [0, 0.05) is 6.54 Å². The van der Waals surface area contributed by atoms with Gasteiger partial charge < -0.3 is 5.11 Å². The molecule has 0 aliphatic rings. The summed E-state index contributed by atoms with van der Waals surface area (Å²) in [5.41, 5.74) is -1.50. The first-order chi connectivity index (χ1) is 8.45. The minimum atomic E-state index is -1.47. The van der Waals surface area contributed by atoms with Gasteiger partial charge in [0.2, 0.25) is 11.1 Å². The van der Waals surface area contributed by atoms with Gasteiger partial charge in [-0.3, -0.25) is 4.79 Å². The number of halogens is 2. The summed E-state index contributed by atoms with van der Waals surface area (Å²) in [5, 5.41) is 11.9. The van der Waals surface area contributed by atoms with Crippen LogP contribution in [0.2, 0.25) is 5.15 Å². The quantitative estimate of drug-likeness (QED) is 0.832. The van der Waals surface area contributed by atoms with E-state index < -0.39 is 28.1 Å². The van der Waals surface area contributed by atoms with Crippen molar-refractivity contribution in [1.82, 2.24) is 14.8 Å². The zero-order valence-corrected chi connectivity index (χ0v) is 9.90. The van der Waals surface area contributed by atoms with E-state index in [-0.39, 0.29) is 17.6 Å². The van der Waals surface area contributed by atoms with Crippen LogP contribution in [-0.2, 0) is 6.54 Å². The van der Waals surface area contributed by atoms with Crippen LogP contribution >= 0.6 is 11.6 Å². The highest BCUT2D eigenvalue weighted by atomic mass is 35.5. The molecule has 2 aromatic rings. The summed E-state index contributed by atoms with van der Waals surface area (Å²) in [7, 11) is 0. The molecule has 0 amide bonds. The third-order valence-electron chi connectivity index (χ3n) is 2.34. The third-order valence-corrected chi connectivity index (χ3v) is 2.61. The lowest BCUT2D eigenvalue weighted by Gasteiger charge is -2.07. The lowest BCUT2D eigenvalue weighted by atomic mass is 10.2. The van der Waals surface area contributed by atoms with Crippen LogP contribution in [0.15, 0.2) is 10.9 Å². The Morgan fingerprint density at radius 2 is 2.28 bits per heavy atom. The van der Waals surface area contributed by atoms with Gasteiger partial charge >= 0.3 is 5.97 Å². The van der Waals surface area contributed by atoms with E-state index in [1.54, 1.807) is 6.92 Å². The van der Waals surface area contributed by atoms with Gasteiger partial charge in [0.05, 0.1) is 5.39 Å². The van der Waals surface area contributed by atoms with Crippen LogP contribution in [0.25, 0.3) is 11.0 Å². The molecular weight excluding hydrogens is 265 g/mol. The molecule has 0 aromatic carbocycles. The Bertz CT molecular complexity index is 714. The first-order valence-corrected chi connectivity index (χ1v) is 5.33. The van der Waals surface area contributed by atoms with Crippen LogP contribution in [-0.4, -0.2) is 25.8 Å². The highest BCUT2D eigenvalue weighted by Crippen LogP contribution is 2.16. The second-order valence-corrected chi connectivity index (χ2v) is 3.79. The van der Waals surface area contributed by atoms with Crippen LogP contribution < -0.4 is 5.43 Å². The third kappa shape index (κ3) is 1.82. The molecule has 1 N–H and O–H groups in total. The lowest BCUT2D eigenvalue weighted by molar-refractivity contribution is 0.0686. The van der Waals surface area contributed by atoms with Gasteiger partial charge in [-0.25, -0.2) is 18.9 Å². The van der Waals surface area contributed by atoms with Gasteiger partial charge in [-0.2, -0.15) is 5.10 Å². The van der Waals surface area contributed by atoms with Crippen molar-refractivity contribution in [3.8, 4) is 0 Å². The minimum absolute atomic E-state index is 0.0545. The molecule has 0 aliphatic carbocycles. The predicted molar refractivity (Wildman–Crippen MR) is 61.4 cm³/mol. The number of hydrogen-bond acceptors (Lipinski definition) is 4. The van der Waals surface area contributed by atoms with Gasteiger partial charge in [-0.15, -0.1) is 0 Å². The number of aromatic nitrogens is 3. The molecule has 0 radical (unpaired) electrons. The van der Waals surface area contributed by atoms with Crippen molar-refractivity contribution in [2.45, 2.75) is 13.5 Å². The molecule has 0 bridgehead atoms. The van der Waals surface area contributed by atoms with Crippen molar-refractivity contribution in [2.24, 2.45) is 0 Å². The van der Waals surface area contributed by atoms with E-state index in [0.29, 0.717) is 0 Å². The number of fused-ring (bicyclic) bond motifs is 1. The van der Waals surface area contributed by atoms with Crippen LogP contribution in [0.1, 0.15) is 17.4 Å². The van der Waals surface area contributed by atoms with Crippen molar-refractivity contribution in [3.05, 3.63) is 33.0 Å². The topological polar surface area (TPSA) is 85.1 Å². The molecule has 2 aromatic heterocycles. The molecule has 0 saturated carbocycles. The SMILES string of the molecule is CCn1nc(C(=O)O)c(=O)c2cc(F)c(Cl)nc21. The van der Waals surface area contributed by atoms with Crippen LogP contribution in [0, 0.1) is 5.82 Å². The fraction of sp³-hybridized carbons (Fsp3) is 0.200. The molecule has 18 heavy (non-hydrogen) atoms. The zero-order chi connectivity index (χ0) is 13.4. The van der Waals surface area contributed by atoms with E-state index in [9.17, 15) is 14.0 Å². The number of rotatable bonds is 2. The molecule has 0 saturated heterocycles. The summed E-state index contributed by atoms with van der Waals surface area (Å²) in [6, 6.07) is 0.868. The molecule has 2 heterocycles. The Labute approximate surface area is 105 Å². The molecule has 0 aliphatic heterocycles. The maximum Gasteiger partial charge on any atom is 0.360 e. The van der Waals surface area contributed by atoms with Gasteiger partial charge in [-0.05, 0) is 13.0 Å². The summed E-state index contributed by atoms with van der Waals surface area (Å²) in [5.74, 6) is -2.36. The number of pyridine rings is 1. The van der Waals surface area contributed by atoms with Crippen LogP contribution in [0.3, 0.4) is 0 Å². The first kappa shape index (κ1) is 12.4. The maximum absolute atomic E-state index is 13.3. The number of aromatic carboxylic acids is 1. The maximum atomic E-state index is 13.3. The van der Waals surface area contributed by atoms with Gasteiger partial charge in [-0.1, -0.05) is 11.6 Å². The summed E-state index contributed by atoms with van der Waals surface area (Å²) in [6.07, 6.45) is 0. The fourth-order valence-electron chi connectivity index (χ4n) is 1.52. The Balaban J connectivity index is 2.99. The van der Waals surface area contributed by atoms with E-state index in [4.69, 9.17) is 16.7 Å². The lowest BCUT2D eigenvalue weighted by Crippen LogP contribution is -2.23. The van der Waals surface area contributed by atoms with Crippen LogP contribution in [0.4, 0.5) is 4.39 Å². The zero-order valence-electron chi connectivity index (χ0n) is 9.15. The van der Waals surface area contributed by atoms with Gasteiger partial charge in [0.15, 0.2) is 16.6 Å². The summed E-state index contributed by atoms with van der Waals surface area (Å²) in [4.78, 5) is 26.4. The van der Waals surface area contributed by atoms with Crippen molar-refractivity contribution in [2.75, 3.05) is 0 Å². The molecule has 0 spiro atoms. The number of carboxylic acids is 1. The molecule has 0 unspecified atom stereocenters. The summed E-state index contributed by atoms with van der Waals surface area (Å²) < 4.78 is 14.5. The average Bonchev–Trinajstić information content (AvgIpc) is 2.32. The number of nitrogens with zero attached hydrogens (tertiary/aromatic N) is 3. The average molecular weight is 272 g/mol. The molecule has 6 nitrogen and oxygen atoms in total. The smallest absolute Gasteiger partial charge is 0.360 e. The molecule has 8 heteroatoms. The summed E-state index contributed by atoms with van der Waals surface area (Å²) >= 11 is 5.53. The molecule has 2 rings (SSSR count). The van der Waals surface area contributed by atoms with Crippen molar-refractivity contribution >= 4 is 28.6 Å². The Kier molecular flexibility index (Phi) is 3.00. The van der Waals surface area contributed by atoms with Gasteiger partial charge in [0.25, 0.3) is 0 Å². The normalized spacial score (nSPS) is 10.8.